The van der Waals surface area contributed by atoms with Gasteiger partial charge in [0.25, 0.3) is 0 Å². The summed E-state index contributed by atoms with van der Waals surface area (Å²) >= 11 is 0. The Bertz CT molecular complexity index is 448. The number of carboxylic acids is 5. The summed E-state index contributed by atoms with van der Waals surface area (Å²) in [7, 11) is 0. The fourth-order valence-corrected chi connectivity index (χ4v) is 1.70. The quantitative estimate of drug-likeness (QED) is 0.166. The minimum Gasteiger partial charge on any atom is -0.550 e. The van der Waals surface area contributed by atoms with E-state index in [2.05, 4.69) is 0 Å². The van der Waals surface area contributed by atoms with Gasteiger partial charge in [-0.1, -0.05) is 0 Å². The minimum atomic E-state index is -1.23. The fourth-order valence-electron chi connectivity index (χ4n) is 1.70. The Morgan fingerprint density at radius 1 is 0.679 bits per heavy atom. The Hall–Kier alpha value is -1.77. The van der Waals surface area contributed by atoms with Crippen molar-refractivity contribution in [3.8, 4) is 0 Å². The van der Waals surface area contributed by atoms with Gasteiger partial charge in [0.2, 0.25) is 0 Å². The maximum absolute atomic E-state index is 10.6. The standard InChI is InChI=1S/C10H16N2O8.C4H8O3.Na/c13-7(14)3-11(4-8(15)16)1-2-12(5-9(17)18)6-10(19)20;5-3-1-2-4(6)7;/h1-6H2,(H,13,14)(H,15,16)(H,17,18)(H,19,20);5H,1-3H2,(H,6,7);/q;;+1/p-1. The van der Waals surface area contributed by atoms with E-state index in [1.54, 1.807) is 0 Å². The molecule has 0 amide bonds. The monoisotopic (exact) mass is 418 g/mol. The maximum atomic E-state index is 10.6. The number of nitrogens with zero attached hydrogens (tertiary/aromatic N) is 2. The van der Waals surface area contributed by atoms with Crippen LogP contribution in [0.3, 0.4) is 0 Å². The SMILES string of the molecule is O=C(O)CN(CCN(CC(=O)O)CC(=O)O)CC(=O)O.O=C([O-])CCCO.[Na+]. The molecule has 0 rings (SSSR count). The van der Waals surface area contributed by atoms with Crippen molar-refractivity contribution in [1.29, 1.82) is 0 Å². The van der Waals surface area contributed by atoms with E-state index in [4.69, 9.17) is 25.5 Å². The van der Waals surface area contributed by atoms with E-state index in [9.17, 15) is 29.1 Å². The second kappa shape index (κ2) is 18.6. The first kappa shape index (κ1) is 30.9. The van der Waals surface area contributed by atoms with Crippen molar-refractivity contribution >= 4 is 29.8 Å². The van der Waals surface area contributed by atoms with Crippen molar-refractivity contribution in [3.05, 3.63) is 0 Å². The minimum absolute atomic E-state index is 0. The maximum Gasteiger partial charge on any atom is 1.00 e. The first-order chi connectivity index (χ1) is 12.5. The van der Waals surface area contributed by atoms with Crippen molar-refractivity contribution in [2.75, 3.05) is 45.9 Å². The Balaban J connectivity index is -0.000000665. The molecule has 0 heterocycles. The summed E-state index contributed by atoms with van der Waals surface area (Å²) in [6.07, 6.45) is 0.249. The van der Waals surface area contributed by atoms with Crippen LogP contribution < -0.4 is 34.7 Å². The van der Waals surface area contributed by atoms with Gasteiger partial charge in [0.15, 0.2) is 0 Å². The van der Waals surface area contributed by atoms with Crippen LogP contribution in [0.2, 0.25) is 0 Å². The normalized spacial score (nSPS) is 9.82. The summed E-state index contributed by atoms with van der Waals surface area (Å²) < 4.78 is 0. The summed E-state index contributed by atoms with van der Waals surface area (Å²) in [5.74, 6) is -6.01. The van der Waals surface area contributed by atoms with Crippen LogP contribution in [0.15, 0.2) is 0 Å². The molecule has 0 aliphatic heterocycles. The van der Waals surface area contributed by atoms with Crippen molar-refractivity contribution in [3.63, 3.8) is 0 Å². The Labute approximate surface area is 182 Å². The topological polar surface area (TPSA) is 216 Å². The second-order valence-corrected chi connectivity index (χ2v) is 5.20. The predicted octanol–water partition coefficient (Wildman–Crippen LogP) is -6.56. The molecular weight excluding hydrogens is 395 g/mol. The molecule has 5 N–H and O–H groups in total. The third-order valence-corrected chi connectivity index (χ3v) is 2.71. The summed E-state index contributed by atoms with van der Waals surface area (Å²) in [5.41, 5.74) is 0. The predicted molar refractivity (Wildman–Crippen MR) is 84.8 cm³/mol. The molecule has 0 unspecified atom stereocenters. The average molecular weight is 418 g/mol. The Morgan fingerprint density at radius 3 is 1.11 bits per heavy atom. The molecule has 0 aromatic rings. The average Bonchev–Trinajstić information content (AvgIpc) is 2.48. The van der Waals surface area contributed by atoms with Gasteiger partial charge in [-0.25, -0.2) is 0 Å². The molecule has 0 aliphatic carbocycles. The molecule has 0 saturated heterocycles. The zero-order valence-corrected chi connectivity index (χ0v) is 17.4. The molecule has 0 radical (unpaired) electrons. The number of carbonyl (C=O) groups is 5. The van der Waals surface area contributed by atoms with Crippen LogP contribution in [0, 0.1) is 0 Å². The second-order valence-electron chi connectivity index (χ2n) is 5.20. The van der Waals surface area contributed by atoms with E-state index in [1.165, 1.54) is 0 Å². The van der Waals surface area contributed by atoms with Crippen LogP contribution in [0.25, 0.3) is 0 Å². The van der Waals surface area contributed by atoms with Gasteiger partial charge in [-0.2, -0.15) is 0 Å². The molecule has 0 atom stereocenters. The summed E-state index contributed by atoms with van der Waals surface area (Å²) in [6, 6.07) is 0. The van der Waals surface area contributed by atoms with E-state index in [1.807, 2.05) is 0 Å². The van der Waals surface area contributed by atoms with Gasteiger partial charge in [-0.05, 0) is 12.8 Å². The van der Waals surface area contributed by atoms with Gasteiger partial charge in [-0.3, -0.25) is 29.0 Å². The Morgan fingerprint density at radius 2 is 0.964 bits per heavy atom. The molecule has 0 aliphatic rings. The zero-order chi connectivity index (χ0) is 21.4. The number of aliphatic carboxylic acids is 5. The van der Waals surface area contributed by atoms with E-state index in [0.717, 1.165) is 9.80 Å². The van der Waals surface area contributed by atoms with Gasteiger partial charge in [0.1, 0.15) is 0 Å². The number of carbonyl (C=O) groups excluding carboxylic acids is 1. The van der Waals surface area contributed by atoms with Crippen LogP contribution in [-0.4, -0.2) is 111 Å². The zero-order valence-electron chi connectivity index (χ0n) is 15.4. The summed E-state index contributed by atoms with van der Waals surface area (Å²) in [4.78, 5) is 53.9. The van der Waals surface area contributed by atoms with Gasteiger partial charge < -0.3 is 35.4 Å². The molecule has 13 nitrogen and oxygen atoms in total. The van der Waals surface area contributed by atoms with E-state index < -0.39 is 56.0 Å². The number of hydrogen-bond donors (Lipinski definition) is 5. The molecule has 156 valence electrons. The first-order valence-corrected chi connectivity index (χ1v) is 7.60. The summed E-state index contributed by atoms with van der Waals surface area (Å²) in [6.45, 7) is -2.33. The van der Waals surface area contributed by atoms with Crippen LogP contribution in [0.5, 0.6) is 0 Å². The van der Waals surface area contributed by atoms with Crippen molar-refractivity contribution in [2.24, 2.45) is 0 Å². The number of aliphatic hydroxyl groups is 1. The summed E-state index contributed by atoms with van der Waals surface area (Å²) in [5, 5.41) is 52.0. The van der Waals surface area contributed by atoms with E-state index >= 15 is 0 Å². The Kier molecular flexibility index (Phi) is 20.5. The third kappa shape index (κ3) is 24.2. The van der Waals surface area contributed by atoms with Crippen LogP contribution in [0.4, 0.5) is 0 Å². The van der Waals surface area contributed by atoms with Gasteiger partial charge in [0.05, 0.1) is 26.2 Å². The fraction of sp³-hybridized carbons (Fsp3) is 0.643. The molecule has 0 aromatic carbocycles. The molecule has 28 heavy (non-hydrogen) atoms. The largest absolute Gasteiger partial charge is 1.00 e. The molecular formula is C14H23N2NaO11. The van der Waals surface area contributed by atoms with Crippen molar-refractivity contribution in [1.82, 2.24) is 9.80 Å². The number of carboxylic acid groups (broad SMARTS) is 5. The van der Waals surface area contributed by atoms with E-state index in [-0.39, 0.29) is 55.7 Å². The van der Waals surface area contributed by atoms with Crippen LogP contribution >= 0.6 is 0 Å². The first-order valence-electron chi connectivity index (χ1n) is 7.60. The molecule has 0 spiro atoms. The number of hydrogen-bond acceptors (Lipinski definition) is 9. The number of rotatable bonds is 14. The molecule has 0 aromatic heterocycles. The van der Waals surface area contributed by atoms with Crippen LogP contribution in [-0.2, 0) is 24.0 Å². The van der Waals surface area contributed by atoms with Crippen LogP contribution in [0.1, 0.15) is 12.8 Å². The molecule has 0 fully saturated rings. The van der Waals surface area contributed by atoms with Gasteiger partial charge >= 0.3 is 53.4 Å². The molecule has 0 saturated carbocycles. The third-order valence-electron chi connectivity index (χ3n) is 2.71. The molecule has 14 heteroatoms. The molecule has 0 bridgehead atoms. The smallest absolute Gasteiger partial charge is 0.550 e. The van der Waals surface area contributed by atoms with E-state index in [0.29, 0.717) is 6.42 Å². The van der Waals surface area contributed by atoms with Crippen molar-refractivity contribution < 1.29 is 84.2 Å². The number of aliphatic hydroxyl groups excluding tert-OH is 1. The van der Waals surface area contributed by atoms with Gasteiger partial charge in [-0.15, -0.1) is 0 Å². The van der Waals surface area contributed by atoms with Gasteiger partial charge in [0, 0.05) is 25.7 Å². The van der Waals surface area contributed by atoms with Crippen molar-refractivity contribution in [2.45, 2.75) is 12.8 Å².